The van der Waals surface area contributed by atoms with Gasteiger partial charge in [0.15, 0.2) is 11.6 Å². The van der Waals surface area contributed by atoms with Gasteiger partial charge in [0.05, 0.1) is 6.54 Å². The predicted octanol–water partition coefficient (Wildman–Crippen LogP) is 0.669. The second-order valence-electron chi connectivity index (χ2n) is 5.40. The van der Waals surface area contributed by atoms with E-state index in [1.165, 1.54) is 6.33 Å². The SMILES string of the molecule is O=C1CCc2c(ncnc2C(=O)NCc2cc(-c3ncc[nH]3)no2)N1. The molecule has 0 aromatic carbocycles. The second-order valence-corrected chi connectivity index (χ2v) is 5.40. The van der Waals surface area contributed by atoms with E-state index in [-0.39, 0.29) is 24.1 Å². The third-order valence-electron chi connectivity index (χ3n) is 3.74. The zero-order chi connectivity index (χ0) is 17.2. The van der Waals surface area contributed by atoms with Crippen LogP contribution in [0.25, 0.3) is 11.5 Å². The van der Waals surface area contributed by atoms with Crippen LogP contribution in [0.3, 0.4) is 0 Å². The topological polar surface area (TPSA) is 139 Å². The van der Waals surface area contributed by atoms with E-state index in [9.17, 15) is 9.59 Å². The second kappa shape index (κ2) is 6.15. The van der Waals surface area contributed by atoms with Crippen molar-refractivity contribution in [3.8, 4) is 11.5 Å². The van der Waals surface area contributed by atoms with Crippen molar-refractivity contribution in [2.75, 3.05) is 5.32 Å². The van der Waals surface area contributed by atoms with Crippen LogP contribution in [0.1, 0.15) is 28.2 Å². The Morgan fingerprint density at radius 1 is 1.28 bits per heavy atom. The van der Waals surface area contributed by atoms with Crippen molar-refractivity contribution in [1.82, 2.24) is 30.4 Å². The number of hydrogen-bond acceptors (Lipinski definition) is 7. The molecule has 0 saturated heterocycles. The van der Waals surface area contributed by atoms with Crippen LogP contribution in [0.2, 0.25) is 0 Å². The van der Waals surface area contributed by atoms with Gasteiger partial charge in [0.25, 0.3) is 5.91 Å². The highest BCUT2D eigenvalue weighted by Crippen LogP contribution is 2.22. The Kier molecular flexibility index (Phi) is 3.69. The highest BCUT2D eigenvalue weighted by Gasteiger charge is 2.23. The van der Waals surface area contributed by atoms with E-state index < -0.39 is 0 Å². The molecule has 3 aromatic heterocycles. The molecule has 1 aliphatic heterocycles. The molecule has 10 heteroatoms. The van der Waals surface area contributed by atoms with Gasteiger partial charge in [-0.3, -0.25) is 9.59 Å². The lowest BCUT2D eigenvalue weighted by atomic mass is 10.0. The lowest BCUT2D eigenvalue weighted by molar-refractivity contribution is -0.116. The fourth-order valence-corrected chi connectivity index (χ4v) is 2.55. The van der Waals surface area contributed by atoms with Crippen LogP contribution in [-0.2, 0) is 17.8 Å². The molecule has 0 atom stereocenters. The molecule has 2 amide bonds. The zero-order valence-electron chi connectivity index (χ0n) is 12.9. The average Bonchev–Trinajstić information content (AvgIpc) is 3.30. The summed E-state index contributed by atoms with van der Waals surface area (Å²) >= 11 is 0. The highest BCUT2D eigenvalue weighted by molar-refractivity contribution is 5.99. The van der Waals surface area contributed by atoms with Gasteiger partial charge < -0.3 is 20.1 Å². The number of rotatable bonds is 4. The molecule has 4 rings (SSSR count). The first-order valence-corrected chi connectivity index (χ1v) is 7.58. The van der Waals surface area contributed by atoms with Crippen molar-refractivity contribution in [2.24, 2.45) is 0 Å². The minimum absolute atomic E-state index is 0.121. The van der Waals surface area contributed by atoms with Crippen LogP contribution in [0.4, 0.5) is 5.82 Å². The maximum absolute atomic E-state index is 12.4. The van der Waals surface area contributed by atoms with Gasteiger partial charge in [-0.15, -0.1) is 0 Å². The normalized spacial score (nSPS) is 13.2. The number of hydrogen-bond donors (Lipinski definition) is 3. The Morgan fingerprint density at radius 3 is 3.04 bits per heavy atom. The molecule has 126 valence electrons. The summed E-state index contributed by atoms with van der Waals surface area (Å²) in [7, 11) is 0. The van der Waals surface area contributed by atoms with Gasteiger partial charge in [-0.1, -0.05) is 5.16 Å². The average molecular weight is 339 g/mol. The van der Waals surface area contributed by atoms with Gasteiger partial charge in [0.2, 0.25) is 5.91 Å². The molecule has 25 heavy (non-hydrogen) atoms. The van der Waals surface area contributed by atoms with Crippen LogP contribution in [0, 0.1) is 0 Å². The fourth-order valence-electron chi connectivity index (χ4n) is 2.55. The molecule has 0 saturated carbocycles. The highest BCUT2D eigenvalue weighted by atomic mass is 16.5. The fraction of sp³-hybridized carbons (Fsp3) is 0.200. The van der Waals surface area contributed by atoms with Gasteiger partial charge in [-0.2, -0.15) is 0 Å². The molecule has 3 N–H and O–H groups in total. The van der Waals surface area contributed by atoms with E-state index in [0.717, 1.165) is 0 Å². The molecular formula is C15H13N7O3. The predicted molar refractivity (Wildman–Crippen MR) is 84.2 cm³/mol. The molecule has 10 nitrogen and oxygen atoms in total. The number of imidazole rings is 1. The first-order valence-electron chi connectivity index (χ1n) is 7.58. The van der Waals surface area contributed by atoms with Gasteiger partial charge in [0, 0.05) is 30.4 Å². The maximum atomic E-state index is 12.4. The molecule has 0 radical (unpaired) electrons. The number of amides is 2. The Labute approximate surface area is 141 Å². The molecule has 0 spiro atoms. The summed E-state index contributed by atoms with van der Waals surface area (Å²) in [5.41, 5.74) is 1.43. The quantitative estimate of drug-likeness (QED) is 0.635. The molecular weight excluding hydrogens is 326 g/mol. The molecule has 0 aliphatic carbocycles. The van der Waals surface area contributed by atoms with Gasteiger partial charge >= 0.3 is 0 Å². The Hall–Kier alpha value is -3.56. The van der Waals surface area contributed by atoms with E-state index in [4.69, 9.17) is 4.52 Å². The molecule has 0 fully saturated rings. The standard InChI is InChI=1S/C15H13N7O3/c23-11-2-1-9-12(19-7-20-13(9)21-11)15(24)18-6-8-5-10(22-25-8)14-16-3-4-17-14/h3-5,7H,1-2,6H2,(H,16,17)(H,18,24)(H,19,20,21,23). The summed E-state index contributed by atoms with van der Waals surface area (Å²) in [5, 5.41) is 9.26. The van der Waals surface area contributed by atoms with E-state index in [0.29, 0.717) is 41.5 Å². The Bertz CT molecular complexity index is 933. The van der Waals surface area contributed by atoms with Crippen molar-refractivity contribution in [3.05, 3.63) is 41.8 Å². The number of carbonyl (C=O) groups excluding carboxylic acids is 2. The number of aromatic amines is 1. The summed E-state index contributed by atoms with van der Waals surface area (Å²) in [5.74, 6) is 0.963. The number of anilines is 1. The minimum atomic E-state index is -0.370. The third-order valence-corrected chi connectivity index (χ3v) is 3.74. The van der Waals surface area contributed by atoms with Gasteiger partial charge in [0.1, 0.15) is 23.5 Å². The first-order chi connectivity index (χ1) is 12.2. The number of aromatic nitrogens is 5. The number of fused-ring (bicyclic) bond motifs is 1. The van der Waals surface area contributed by atoms with Gasteiger partial charge in [-0.25, -0.2) is 15.0 Å². The number of H-pyrrole nitrogens is 1. The minimum Gasteiger partial charge on any atom is -0.359 e. The molecule has 0 bridgehead atoms. The number of nitrogens with zero attached hydrogens (tertiary/aromatic N) is 4. The molecule has 1 aliphatic rings. The molecule has 4 heterocycles. The largest absolute Gasteiger partial charge is 0.359 e. The van der Waals surface area contributed by atoms with Crippen LogP contribution >= 0.6 is 0 Å². The first kappa shape index (κ1) is 15.0. The van der Waals surface area contributed by atoms with E-state index in [2.05, 4.69) is 35.7 Å². The summed E-state index contributed by atoms with van der Waals surface area (Å²) in [4.78, 5) is 38.9. The zero-order valence-corrected chi connectivity index (χ0v) is 12.9. The number of nitrogens with one attached hydrogen (secondary N) is 3. The Morgan fingerprint density at radius 2 is 2.20 bits per heavy atom. The van der Waals surface area contributed by atoms with Crippen LogP contribution < -0.4 is 10.6 Å². The van der Waals surface area contributed by atoms with Crippen molar-refractivity contribution in [3.63, 3.8) is 0 Å². The Balaban J connectivity index is 1.46. The van der Waals surface area contributed by atoms with Crippen molar-refractivity contribution in [2.45, 2.75) is 19.4 Å². The van der Waals surface area contributed by atoms with Crippen LogP contribution in [0.15, 0.2) is 29.3 Å². The lowest BCUT2D eigenvalue weighted by Crippen LogP contribution is -2.28. The smallest absolute Gasteiger partial charge is 0.270 e. The summed E-state index contributed by atoms with van der Waals surface area (Å²) < 4.78 is 5.19. The summed E-state index contributed by atoms with van der Waals surface area (Å²) in [6.07, 6.45) is 5.28. The van der Waals surface area contributed by atoms with Crippen molar-refractivity contribution in [1.29, 1.82) is 0 Å². The third kappa shape index (κ3) is 2.96. The lowest BCUT2D eigenvalue weighted by Gasteiger charge is -2.17. The maximum Gasteiger partial charge on any atom is 0.270 e. The van der Waals surface area contributed by atoms with Crippen molar-refractivity contribution < 1.29 is 14.1 Å². The van der Waals surface area contributed by atoms with Crippen LogP contribution in [0.5, 0.6) is 0 Å². The van der Waals surface area contributed by atoms with Crippen molar-refractivity contribution >= 4 is 17.6 Å². The summed E-state index contributed by atoms with van der Waals surface area (Å²) in [6, 6.07) is 1.69. The molecule has 3 aromatic rings. The summed E-state index contributed by atoms with van der Waals surface area (Å²) in [6.45, 7) is 0.150. The van der Waals surface area contributed by atoms with E-state index >= 15 is 0 Å². The number of carbonyl (C=O) groups is 2. The monoisotopic (exact) mass is 339 g/mol. The van der Waals surface area contributed by atoms with E-state index in [1.54, 1.807) is 18.5 Å². The van der Waals surface area contributed by atoms with Crippen LogP contribution in [-0.4, -0.2) is 36.9 Å². The van der Waals surface area contributed by atoms with Gasteiger partial charge in [-0.05, 0) is 6.42 Å². The molecule has 0 unspecified atom stereocenters. The van der Waals surface area contributed by atoms with E-state index in [1.807, 2.05) is 0 Å².